The first kappa shape index (κ1) is 22.4. The summed E-state index contributed by atoms with van der Waals surface area (Å²) in [6.07, 6.45) is 2.99. The summed E-state index contributed by atoms with van der Waals surface area (Å²) in [5, 5.41) is 0. The van der Waals surface area contributed by atoms with Crippen molar-refractivity contribution in [1.82, 2.24) is 9.88 Å². The maximum absolute atomic E-state index is 12.5. The number of hydrogen-bond donors (Lipinski definition) is 1. The Morgan fingerprint density at radius 1 is 1.04 bits per heavy atom. The van der Waals surface area contributed by atoms with Gasteiger partial charge in [-0.3, -0.25) is 9.78 Å². The van der Waals surface area contributed by atoms with Crippen LogP contribution in [0.25, 0.3) is 0 Å². The van der Waals surface area contributed by atoms with Crippen molar-refractivity contribution >= 4 is 30.7 Å². The summed E-state index contributed by atoms with van der Waals surface area (Å²) in [4.78, 5) is 18.5. The van der Waals surface area contributed by atoms with E-state index in [0.717, 1.165) is 17.7 Å². The number of amides is 1. The minimum atomic E-state index is 0. The molecule has 1 amide bonds. The standard InChI is InChI=1S/C18H23N3O.2ClH/c1-15-7-8-17(14-20-15)13-18(22)21(12-10-19)11-9-16-5-3-2-4-6-16;;/h2-8,14H,9-13,19H2,1H3;2*1H. The van der Waals surface area contributed by atoms with Gasteiger partial charge in [0.2, 0.25) is 5.91 Å². The Kier molecular flexibility index (Phi) is 11.0. The van der Waals surface area contributed by atoms with Crippen LogP contribution in [0.4, 0.5) is 0 Å². The van der Waals surface area contributed by atoms with Gasteiger partial charge in [0.05, 0.1) is 6.42 Å². The second kappa shape index (κ2) is 11.8. The first-order valence-electron chi connectivity index (χ1n) is 7.62. The number of rotatable bonds is 7. The molecule has 2 rings (SSSR count). The number of nitrogens with zero attached hydrogens (tertiary/aromatic N) is 2. The molecule has 1 aromatic heterocycles. The van der Waals surface area contributed by atoms with Gasteiger partial charge in [0, 0.05) is 31.5 Å². The van der Waals surface area contributed by atoms with Gasteiger partial charge in [-0.05, 0) is 30.5 Å². The van der Waals surface area contributed by atoms with Crippen molar-refractivity contribution in [2.45, 2.75) is 19.8 Å². The maximum atomic E-state index is 12.5. The highest BCUT2D eigenvalue weighted by molar-refractivity contribution is 5.85. The number of halogens is 2. The third-order valence-electron chi connectivity index (χ3n) is 3.59. The minimum absolute atomic E-state index is 0. The van der Waals surface area contributed by atoms with Crippen molar-refractivity contribution in [1.29, 1.82) is 0 Å². The van der Waals surface area contributed by atoms with Crippen LogP contribution in [0.5, 0.6) is 0 Å². The number of carbonyl (C=O) groups is 1. The Labute approximate surface area is 156 Å². The summed E-state index contributed by atoms with van der Waals surface area (Å²) < 4.78 is 0. The molecule has 0 bridgehead atoms. The average molecular weight is 370 g/mol. The molecular weight excluding hydrogens is 345 g/mol. The molecule has 0 fully saturated rings. The van der Waals surface area contributed by atoms with Crippen LogP contribution in [0.15, 0.2) is 48.7 Å². The smallest absolute Gasteiger partial charge is 0.227 e. The number of aryl methyl sites for hydroxylation is 1. The van der Waals surface area contributed by atoms with Crippen molar-refractivity contribution in [3.8, 4) is 0 Å². The third kappa shape index (κ3) is 7.30. The van der Waals surface area contributed by atoms with E-state index in [4.69, 9.17) is 5.73 Å². The van der Waals surface area contributed by atoms with E-state index in [1.165, 1.54) is 5.56 Å². The van der Waals surface area contributed by atoms with E-state index in [9.17, 15) is 4.79 Å². The van der Waals surface area contributed by atoms with Gasteiger partial charge in [0.1, 0.15) is 0 Å². The lowest BCUT2D eigenvalue weighted by atomic mass is 10.1. The van der Waals surface area contributed by atoms with E-state index < -0.39 is 0 Å². The van der Waals surface area contributed by atoms with Gasteiger partial charge in [-0.15, -0.1) is 24.8 Å². The summed E-state index contributed by atoms with van der Waals surface area (Å²) in [6, 6.07) is 14.1. The van der Waals surface area contributed by atoms with Gasteiger partial charge < -0.3 is 10.6 Å². The first-order valence-corrected chi connectivity index (χ1v) is 7.62. The van der Waals surface area contributed by atoms with Crippen LogP contribution in [0.2, 0.25) is 0 Å². The average Bonchev–Trinajstić information content (AvgIpc) is 2.54. The molecule has 0 saturated carbocycles. The second-order valence-corrected chi connectivity index (χ2v) is 5.39. The van der Waals surface area contributed by atoms with E-state index in [0.29, 0.717) is 26.1 Å². The SMILES string of the molecule is Cc1ccc(CC(=O)N(CCN)CCc2ccccc2)cn1.Cl.Cl. The molecule has 0 aliphatic carbocycles. The highest BCUT2D eigenvalue weighted by atomic mass is 35.5. The minimum Gasteiger partial charge on any atom is -0.341 e. The van der Waals surface area contributed by atoms with Gasteiger partial charge in [0.25, 0.3) is 0 Å². The zero-order chi connectivity index (χ0) is 15.8. The Bertz CT molecular complexity index is 591. The summed E-state index contributed by atoms with van der Waals surface area (Å²) >= 11 is 0. The fraction of sp³-hybridized carbons (Fsp3) is 0.333. The van der Waals surface area contributed by atoms with Gasteiger partial charge in [0.15, 0.2) is 0 Å². The van der Waals surface area contributed by atoms with Crippen molar-refractivity contribution < 1.29 is 4.79 Å². The quantitative estimate of drug-likeness (QED) is 0.815. The van der Waals surface area contributed by atoms with E-state index >= 15 is 0 Å². The molecule has 6 heteroatoms. The van der Waals surface area contributed by atoms with E-state index in [1.54, 1.807) is 6.20 Å². The summed E-state index contributed by atoms with van der Waals surface area (Å²) in [5.74, 6) is 0.104. The molecule has 2 aromatic rings. The fourth-order valence-electron chi connectivity index (χ4n) is 2.32. The molecule has 0 saturated heterocycles. The zero-order valence-corrected chi connectivity index (χ0v) is 15.5. The molecule has 0 aliphatic heterocycles. The first-order chi connectivity index (χ1) is 10.7. The Morgan fingerprint density at radius 2 is 1.75 bits per heavy atom. The summed E-state index contributed by atoms with van der Waals surface area (Å²) in [6.45, 7) is 3.70. The summed E-state index contributed by atoms with van der Waals surface area (Å²) in [7, 11) is 0. The molecule has 4 nitrogen and oxygen atoms in total. The van der Waals surface area contributed by atoms with Crippen LogP contribution < -0.4 is 5.73 Å². The van der Waals surface area contributed by atoms with Gasteiger partial charge in [-0.1, -0.05) is 36.4 Å². The molecule has 0 unspecified atom stereocenters. The fourth-order valence-corrected chi connectivity index (χ4v) is 2.32. The van der Waals surface area contributed by atoms with Crippen LogP contribution in [0.3, 0.4) is 0 Å². The number of carbonyl (C=O) groups excluding carboxylic acids is 1. The van der Waals surface area contributed by atoms with Crippen molar-refractivity contribution in [2.24, 2.45) is 5.73 Å². The Morgan fingerprint density at radius 3 is 2.33 bits per heavy atom. The summed E-state index contributed by atoms with van der Waals surface area (Å²) in [5.41, 5.74) is 8.77. The Hall–Kier alpha value is -1.62. The lowest BCUT2D eigenvalue weighted by Crippen LogP contribution is -2.37. The second-order valence-electron chi connectivity index (χ2n) is 5.39. The van der Waals surface area contributed by atoms with Crippen molar-refractivity contribution in [3.63, 3.8) is 0 Å². The topological polar surface area (TPSA) is 59.2 Å². The zero-order valence-electron chi connectivity index (χ0n) is 13.9. The van der Waals surface area contributed by atoms with Crippen molar-refractivity contribution in [3.05, 3.63) is 65.5 Å². The molecule has 24 heavy (non-hydrogen) atoms. The highest BCUT2D eigenvalue weighted by Gasteiger charge is 2.13. The van der Waals surface area contributed by atoms with E-state index in [1.807, 2.05) is 42.2 Å². The van der Waals surface area contributed by atoms with E-state index in [-0.39, 0.29) is 30.7 Å². The lowest BCUT2D eigenvalue weighted by molar-refractivity contribution is -0.130. The number of pyridine rings is 1. The maximum Gasteiger partial charge on any atom is 0.227 e. The molecule has 0 spiro atoms. The molecule has 0 aliphatic rings. The third-order valence-corrected chi connectivity index (χ3v) is 3.59. The number of benzene rings is 1. The molecule has 0 radical (unpaired) electrons. The number of aromatic nitrogens is 1. The highest BCUT2D eigenvalue weighted by Crippen LogP contribution is 2.06. The molecule has 2 N–H and O–H groups in total. The van der Waals surface area contributed by atoms with Crippen LogP contribution >= 0.6 is 24.8 Å². The predicted molar refractivity (Wildman–Crippen MR) is 103 cm³/mol. The van der Waals surface area contributed by atoms with Crippen LogP contribution in [-0.2, 0) is 17.6 Å². The molecule has 1 heterocycles. The monoisotopic (exact) mass is 369 g/mol. The normalized spacial score (nSPS) is 9.58. The van der Waals surface area contributed by atoms with Crippen LogP contribution in [0, 0.1) is 6.92 Å². The van der Waals surface area contributed by atoms with Gasteiger partial charge in [-0.25, -0.2) is 0 Å². The van der Waals surface area contributed by atoms with Crippen LogP contribution in [0.1, 0.15) is 16.8 Å². The number of hydrogen-bond acceptors (Lipinski definition) is 3. The van der Waals surface area contributed by atoms with Crippen LogP contribution in [-0.4, -0.2) is 35.4 Å². The predicted octanol–water partition coefficient (Wildman–Crippen LogP) is 2.81. The number of nitrogens with two attached hydrogens (primary N) is 1. The van der Waals surface area contributed by atoms with Crippen molar-refractivity contribution in [2.75, 3.05) is 19.6 Å². The lowest BCUT2D eigenvalue weighted by Gasteiger charge is -2.22. The molecular formula is C18H25Cl2N3O. The Balaban J connectivity index is 0.00000264. The van der Waals surface area contributed by atoms with Gasteiger partial charge in [-0.2, -0.15) is 0 Å². The molecule has 132 valence electrons. The molecule has 1 aromatic carbocycles. The van der Waals surface area contributed by atoms with E-state index in [2.05, 4.69) is 17.1 Å². The molecule has 0 atom stereocenters. The van der Waals surface area contributed by atoms with Gasteiger partial charge >= 0.3 is 0 Å². The largest absolute Gasteiger partial charge is 0.341 e.